The van der Waals surface area contributed by atoms with E-state index in [2.05, 4.69) is 15.3 Å². The molecule has 4 rings (SSSR count). The third kappa shape index (κ3) is 3.12. The predicted molar refractivity (Wildman–Crippen MR) is 98.7 cm³/mol. The molecular formula is C19H17N5O5. The number of hydrogen-bond acceptors (Lipinski definition) is 8. The van der Waals surface area contributed by atoms with Gasteiger partial charge in [0.1, 0.15) is 36.4 Å². The minimum absolute atomic E-state index is 0.192. The molecule has 0 radical (unpaired) electrons. The summed E-state index contributed by atoms with van der Waals surface area (Å²) in [4.78, 5) is 20.6. The molecule has 4 atom stereocenters. The molecule has 0 saturated carbocycles. The molecule has 1 unspecified atom stereocenters. The summed E-state index contributed by atoms with van der Waals surface area (Å²) in [5, 5.41) is 41.9. The van der Waals surface area contributed by atoms with Crippen LogP contribution >= 0.6 is 0 Å². The van der Waals surface area contributed by atoms with Crippen molar-refractivity contribution in [3.8, 4) is 6.07 Å². The Bertz CT molecular complexity index is 1100. The van der Waals surface area contributed by atoms with Crippen LogP contribution in [0.1, 0.15) is 22.0 Å². The van der Waals surface area contributed by atoms with Crippen LogP contribution < -0.4 is 5.32 Å². The maximum atomic E-state index is 12.4. The van der Waals surface area contributed by atoms with Gasteiger partial charge in [-0.05, 0) is 18.2 Å². The lowest BCUT2D eigenvalue weighted by Crippen LogP contribution is -2.44. The SMILES string of the molecule is N#CC1(CO)O[C@@H](c2cc3ncnc(NC(=O)c4ccccc4)n3c2)[C@H](O)[C@@H]1O. The molecule has 10 nitrogen and oxygen atoms in total. The summed E-state index contributed by atoms with van der Waals surface area (Å²) in [6, 6.07) is 11.9. The number of rotatable bonds is 4. The molecule has 1 fully saturated rings. The van der Waals surface area contributed by atoms with Crippen LogP contribution in [0.5, 0.6) is 0 Å². The van der Waals surface area contributed by atoms with Crippen molar-refractivity contribution in [3.63, 3.8) is 0 Å². The van der Waals surface area contributed by atoms with Crippen LogP contribution in [-0.2, 0) is 4.74 Å². The number of carbonyl (C=O) groups is 1. The number of anilines is 1. The second-order valence-corrected chi connectivity index (χ2v) is 6.65. The molecule has 29 heavy (non-hydrogen) atoms. The smallest absolute Gasteiger partial charge is 0.257 e. The van der Waals surface area contributed by atoms with Gasteiger partial charge in [-0.3, -0.25) is 14.5 Å². The number of aliphatic hydroxyl groups is 3. The topological polar surface area (TPSA) is 153 Å². The van der Waals surface area contributed by atoms with Gasteiger partial charge in [0.15, 0.2) is 0 Å². The van der Waals surface area contributed by atoms with Crippen molar-refractivity contribution in [1.82, 2.24) is 14.4 Å². The van der Waals surface area contributed by atoms with E-state index in [1.165, 1.54) is 16.9 Å². The summed E-state index contributed by atoms with van der Waals surface area (Å²) >= 11 is 0. The molecule has 0 spiro atoms. The molecule has 1 aliphatic heterocycles. The molecule has 148 valence electrons. The van der Waals surface area contributed by atoms with Crippen LogP contribution in [-0.4, -0.2) is 60.0 Å². The van der Waals surface area contributed by atoms with Crippen LogP contribution in [0, 0.1) is 11.3 Å². The minimum Gasteiger partial charge on any atom is -0.392 e. The first-order valence-corrected chi connectivity index (χ1v) is 8.74. The van der Waals surface area contributed by atoms with Gasteiger partial charge in [-0.25, -0.2) is 9.97 Å². The van der Waals surface area contributed by atoms with E-state index in [1.807, 2.05) is 0 Å². The normalized spacial score (nSPS) is 26.3. The molecule has 3 heterocycles. The molecule has 10 heteroatoms. The Morgan fingerprint density at radius 3 is 2.72 bits per heavy atom. The van der Waals surface area contributed by atoms with Crippen molar-refractivity contribution < 1.29 is 24.9 Å². The number of nitrogens with zero attached hydrogens (tertiary/aromatic N) is 4. The maximum Gasteiger partial charge on any atom is 0.257 e. The second kappa shape index (κ2) is 7.23. The fourth-order valence-corrected chi connectivity index (χ4v) is 3.29. The maximum absolute atomic E-state index is 12.4. The zero-order valence-electron chi connectivity index (χ0n) is 15.0. The fourth-order valence-electron chi connectivity index (χ4n) is 3.29. The number of carbonyl (C=O) groups excluding carboxylic acids is 1. The second-order valence-electron chi connectivity index (χ2n) is 6.65. The van der Waals surface area contributed by atoms with E-state index in [0.717, 1.165) is 0 Å². The van der Waals surface area contributed by atoms with E-state index >= 15 is 0 Å². The summed E-state index contributed by atoms with van der Waals surface area (Å²) in [6.45, 7) is -0.774. The highest BCUT2D eigenvalue weighted by Crippen LogP contribution is 2.40. The third-order valence-corrected chi connectivity index (χ3v) is 4.88. The zero-order valence-corrected chi connectivity index (χ0v) is 15.0. The molecule has 1 amide bonds. The predicted octanol–water partition coefficient (Wildman–Crippen LogP) is 0.0294. The van der Waals surface area contributed by atoms with Gasteiger partial charge in [-0.15, -0.1) is 0 Å². The van der Waals surface area contributed by atoms with Crippen molar-refractivity contribution >= 4 is 17.5 Å². The lowest BCUT2D eigenvalue weighted by atomic mass is 9.96. The summed E-state index contributed by atoms with van der Waals surface area (Å²) in [5.74, 6) is -0.172. The number of benzene rings is 1. The van der Waals surface area contributed by atoms with Gasteiger partial charge in [0.05, 0.1) is 6.61 Å². The standard InChI is InChI=1S/C19H17N5O5/c20-8-19(9-25)16(27)14(26)15(29-19)12-6-13-21-10-22-18(24(13)7-12)23-17(28)11-4-2-1-3-5-11/h1-7,10,14-16,25-27H,9H2,(H,21,22,23,28)/t14-,15-,16-,19?/m0/s1. The first kappa shape index (κ1) is 19.0. The fraction of sp³-hybridized carbons (Fsp3) is 0.263. The minimum atomic E-state index is -1.92. The molecule has 0 bridgehead atoms. The molecule has 4 N–H and O–H groups in total. The molecule has 0 aliphatic carbocycles. The van der Waals surface area contributed by atoms with Crippen molar-refractivity contribution in [2.45, 2.75) is 23.9 Å². The average molecular weight is 395 g/mol. The highest BCUT2D eigenvalue weighted by atomic mass is 16.6. The Hall–Kier alpha value is -3.36. The third-order valence-electron chi connectivity index (χ3n) is 4.88. The van der Waals surface area contributed by atoms with Crippen LogP contribution in [0.4, 0.5) is 5.95 Å². The van der Waals surface area contributed by atoms with Crippen molar-refractivity contribution in [1.29, 1.82) is 5.26 Å². The number of aromatic nitrogens is 3. The van der Waals surface area contributed by atoms with E-state index in [9.17, 15) is 25.4 Å². The number of fused-ring (bicyclic) bond motifs is 1. The summed E-state index contributed by atoms with van der Waals surface area (Å²) < 4.78 is 7.01. The average Bonchev–Trinajstić information content (AvgIpc) is 3.29. The van der Waals surface area contributed by atoms with Gasteiger partial charge in [0.25, 0.3) is 5.91 Å². The first-order chi connectivity index (χ1) is 14.0. The summed E-state index contributed by atoms with van der Waals surface area (Å²) in [6.07, 6.45) is -1.30. The van der Waals surface area contributed by atoms with Gasteiger partial charge in [0.2, 0.25) is 11.5 Å². The van der Waals surface area contributed by atoms with E-state index in [4.69, 9.17) is 4.74 Å². The highest BCUT2D eigenvalue weighted by Gasteiger charge is 2.55. The lowest BCUT2D eigenvalue weighted by Gasteiger charge is -2.21. The summed E-state index contributed by atoms with van der Waals surface area (Å²) in [7, 11) is 0. The van der Waals surface area contributed by atoms with E-state index in [1.54, 1.807) is 42.5 Å². The first-order valence-electron chi connectivity index (χ1n) is 8.74. The quantitative estimate of drug-likeness (QED) is 0.483. The number of hydrogen-bond donors (Lipinski definition) is 4. The van der Waals surface area contributed by atoms with Crippen LogP contribution in [0.25, 0.3) is 5.65 Å². The number of amides is 1. The van der Waals surface area contributed by atoms with E-state index in [0.29, 0.717) is 16.8 Å². The molecule has 1 saturated heterocycles. The Morgan fingerprint density at radius 1 is 1.31 bits per heavy atom. The van der Waals surface area contributed by atoms with Crippen LogP contribution in [0.3, 0.4) is 0 Å². The Balaban J connectivity index is 1.67. The molecule has 1 aromatic carbocycles. The van der Waals surface area contributed by atoms with Gasteiger partial charge >= 0.3 is 0 Å². The molecular weight excluding hydrogens is 378 g/mol. The largest absolute Gasteiger partial charge is 0.392 e. The Kier molecular flexibility index (Phi) is 4.73. The van der Waals surface area contributed by atoms with Crippen molar-refractivity contribution in [2.24, 2.45) is 0 Å². The summed E-state index contributed by atoms with van der Waals surface area (Å²) in [5.41, 5.74) is -0.667. The van der Waals surface area contributed by atoms with Gasteiger partial charge in [0, 0.05) is 17.3 Å². The monoisotopic (exact) mass is 395 g/mol. The van der Waals surface area contributed by atoms with Crippen LogP contribution in [0.2, 0.25) is 0 Å². The molecule has 2 aromatic heterocycles. The number of aliphatic hydroxyl groups excluding tert-OH is 3. The van der Waals surface area contributed by atoms with E-state index < -0.39 is 30.5 Å². The number of ether oxygens (including phenoxy) is 1. The lowest BCUT2D eigenvalue weighted by molar-refractivity contribution is -0.0735. The van der Waals surface area contributed by atoms with Gasteiger partial charge < -0.3 is 20.1 Å². The van der Waals surface area contributed by atoms with Gasteiger partial charge in [-0.2, -0.15) is 5.26 Å². The molecule has 1 aliphatic rings. The Morgan fingerprint density at radius 2 is 2.07 bits per heavy atom. The molecule has 3 aromatic rings. The van der Waals surface area contributed by atoms with E-state index in [-0.39, 0.29) is 11.9 Å². The van der Waals surface area contributed by atoms with Crippen LogP contribution in [0.15, 0.2) is 48.9 Å². The van der Waals surface area contributed by atoms with Crippen molar-refractivity contribution in [3.05, 3.63) is 60.0 Å². The van der Waals surface area contributed by atoms with Gasteiger partial charge in [-0.1, -0.05) is 18.2 Å². The van der Waals surface area contributed by atoms with Crippen molar-refractivity contribution in [2.75, 3.05) is 11.9 Å². The highest BCUT2D eigenvalue weighted by molar-refractivity contribution is 6.03. The Labute approximate surface area is 164 Å². The number of nitrogens with one attached hydrogen (secondary N) is 1. The number of nitriles is 1. The zero-order chi connectivity index (χ0) is 20.6.